The third kappa shape index (κ3) is 4.22. The number of nitrogens with one attached hydrogen (secondary N) is 1. The number of ether oxygens (including phenoxy) is 2. The lowest BCUT2D eigenvalue weighted by atomic mass is 10.1. The van der Waals surface area contributed by atoms with Crippen molar-refractivity contribution in [2.45, 2.75) is 13.5 Å². The van der Waals surface area contributed by atoms with Gasteiger partial charge in [0.05, 0.1) is 42.2 Å². The number of nitrogens with zero attached hydrogens (tertiary/aromatic N) is 1. The Morgan fingerprint density at radius 2 is 1.87 bits per heavy atom. The smallest absolute Gasteiger partial charge is 0.253 e. The van der Waals surface area contributed by atoms with Gasteiger partial charge in [-0.3, -0.25) is 9.59 Å². The van der Waals surface area contributed by atoms with Crippen LogP contribution in [0, 0.1) is 5.92 Å². The lowest BCUT2D eigenvalue weighted by Crippen LogP contribution is -2.30. The van der Waals surface area contributed by atoms with Crippen molar-refractivity contribution in [3.8, 4) is 11.5 Å². The third-order valence-electron chi connectivity index (χ3n) is 4.69. The van der Waals surface area contributed by atoms with Gasteiger partial charge in [0.1, 0.15) is 0 Å². The Balaban J connectivity index is 1.76. The van der Waals surface area contributed by atoms with Crippen LogP contribution in [0.5, 0.6) is 11.5 Å². The van der Waals surface area contributed by atoms with Gasteiger partial charge in [-0.15, -0.1) is 0 Å². The molecule has 1 aliphatic heterocycles. The van der Waals surface area contributed by atoms with Gasteiger partial charge in [-0.05, 0) is 35.9 Å². The molecule has 1 unspecified atom stereocenters. The first-order valence-electron chi connectivity index (χ1n) is 9.03. The van der Waals surface area contributed by atoms with Crippen LogP contribution in [0.4, 0.5) is 5.69 Å². The molecule has 0 aliphatic carbocycles. The monoisotopic (exact) mass is 452 g/mol. The van der Waals surface area contributed by atoms with Gasteiger partial charge < -0.3 is 14.8 Å². The predicted octanol–water partition coefficient (Wildman–Crippen LogP) is 2.60. The molecule has 1 heterocycles. The normalized spacial score (nSPS) is 17.7. The number of carbonyl (C=O) groups is 2. The van der Waals surface area contributed by atoms with Crippen molar-refractivity contribution in [1.82, 2.24) is 5.32 Å². The standard InChI is InChI=1S/C20H21ClN2O6S/c1-12-11-30(26,27)23(20(12)25)14-5-6-15(16(21)9-14)19(24)22-10-13-4-7-17(28-2)18(8-13)29-3/h4-9,12H,10-11H2,1-3H3,(H,22,24). The van der Waals surface area contributed by atoms with Crippen molar-refractivity contribution >= 4 is 39.1 Å². The number of hydrogen-bond acceptors (Lipinski definition) is 6. The van der Waals surface area contributed by atoms with E-state index in [1.165, 1.54) is 32.4 Å². The van der Waals surface area contributed by atoms with Gasteiger partial charge in [0.15, 0.2) is 11.5 Å². The number of amides is 2. The van der Waals surface area contributed by atoms with E-state index >= 15 is 0 Å². The second kappa shape index (κ2) is 8.53. The molecule has 3 rings (SSSR count). The zero-order valence-corrected chi connectivity index (χ0v) is 18.2. The average molecular weight is 453 g/mol. The number of anilines is 1. The second-order valence-corrected chi connectivity index (χ2v) is 9.09. The molecule has 160 valence electrons. The van der Waals surface area contributed by atoms with E-state index in [1.807, 2.05) is 0 Å². The van der Waals surface area contributed by atoms with E-state index in [0.717, 1.165) is 9.87 Å². The Bertz CT molecular complexity index is 1100. The highest BCUT2D eigenvalue weighted by molar-refractivity contribution is 7.94. The number of methoxy groups -OCH3 is 2. The van der Waals surface area contributed by atoms with E-state index in [9.17, 15) is 18.0 Å². The fraction of sp³-hybridized carbons (Fsp3) is 0.300. The Morgan fingerprint density at radius 1 is 1.17 bits per heavy atom. The summed E-state index contributed by atoms with van der Waals surface area (Å²) in [6.07, 6.45) is 0. The summed E-state index contributed by atoms with van der Waals surface area (Å²) >= 11 is 6.22. The number of halogens is 1. The van der Waals surface area contributed by atoms with E-state index in [-0.39, 0.29) is 28.6 Å². The first kappa shape index (κ1) is 21.9. The van der Waals surface area contributed by atoms with Gasteiger partial charge in [0.2, 0.25) is 15.9 Å². The van der Waals surface area contributed by atoms with Crippen LogP contribution >= 0.6 is 11.6 Å². The summed E-state index contributed by atoms with van der Waals surface area (Å²) in [5, 5.41) is 2.79. The van der Waals surface area contributed by atoms with Gasteiger partial charge in [-0.25, -0.2) is 12.7 Å². The average Bonchev–Trinajstić information content (AvgIpc) is 2.92. The van der Waals surface area contributed by atoms with Crippen LogP contribution in [-0.2, 0) is 21.4 Å². The van der Waals surface area contributed by atoms with Crippen molar-refractivity contribution in [1.29, 1.82) is 0 Å². The molecule has 0 aromatic heterocycles. The third-order valence-corrected chi connectivity index (χ3v) is 6.87. The number of carbonyl (C=O) groups excluding carboxylic acids is 2. The molecule has 1 atom stereocenters. The quantitative estimate of drug-likeness (QED) is 0.722. The molecule has 0 bridgehead atoms. The number of sulfonamides is 1. The van der Waals surface area contributed by atoms with E-state index in [4.69, 9.17) is 21.1 Å². The number of benzene rings is 2. The summed E-state index contributed by atoms with van der Waals surface area (Å²) in [6.45, 7) is 1.77. The largest absolute Gasteiger partial charge is 0.493 e. The van der Waals surface area contributed by atoms with Crippen molar-refractivity contribution in [2.75, 3.05) is 24.3 Å². The number of hydrogen-bond donors (Lipinski definition) is 1. The van der Waals surface area contributed by atoms with Crippen LogP contribution in [0.25, 0.3) is 0 Å². The molecule has 30 heavy (non-hydrogen) atoms. The first-order chi connectivity index (χ1) is 14.2. The molecule has 0 spiro atoms. The van der Waals surface area contributed by atoms with Crippen molar-refractivity contribution in [3.05, 3.63) is 52.5 Å². The van der Waals surface area contributed by atoms with Gasteiger partial charge in [-0.1, -0.05) is 24.6 Å². The molecule has 10 heteroatoms. The highest BCUT2D eigenvalue weighted by atomic mass is 35.5. The predicted molar refractivity (Wildman–Crippen MR) is 113 cm³/mol. The minimum absolute atomic E-state index is 0.0415. The molecule has 1 aliphatic rings. The van der Waals surface area contributed by atoms with Crippen molar-refractivity contribution < 1.29 is 27.5 Å². The Labute approximate surface area is 179 Å². The van der Waals surface area contributed by atoms with Crippen molar-refractivity contribution in [3.63, 3.8) is 0 Å². The minimum Gasteiger partial charge on any atom is -0.493 e. The summed E-state index contributed by atoms with van der Waals surface area (Å²) in [7, 11) is -0.689. The van der Waals surface area contributed by atoms with Gasteiger partial charge in [0.25, 0.3) is 5.91 Å². The lowest BCUT2D eigenvalue weighted by molar-refractivity contribution is -0.119. The molecule has 2 aromatic rings. The van der Waals surface area contributed by atoms with Crippen LogP contribution in [0.2, 0.25) is 5.02 Å². The Hall–Kier alpha value is -2.78. The van der Waals surface area contributed by atoms with Crippen molar-refractivity contribution in [2.24, 2.45) is 5.92 Å². The second-order valence-electron chi connectivity index (χ2n) is 6.82. The number of rotatable bonds is 6. The minimum atomic E-state index is -3.74. The fourth-order valence-corrected chi connectivity index (χ4v) is 5.24. The van der Waals surface area contributed by atoms with Gasteiger partial charge >= 0.3 is 0 Å². The molecular formula is C20H21ClN2O6S. The molecule has 2 amide bonds. The molecule has 1 fully saturated rings. The zero-order valence-electron chi connectivity index (χ0n) is 16.6. The molecule has 0 saturated carbocycles. The van der Waals surface area contributed by atoms with Crippen LogP contribution in [0.1, 0.15) is 22.8 Å². The summed E-state index contributed by atoms with van der Waals surface area (Å²) in [5.41, 5.74) is 1.07. The highest BCUT2D eigenvalue weighted by Gasteiger charge is 2.42. The summed E-state index contributed by atoms with van der Waals surface area (Å²) in [4.78, 5) is 24.8. The topological polar surface area (TPSA) is 102 Å². The van der Waals surface area contributed by atoms with Crippen LogP contribution in [0.15, 0.2) is 36.4 Å². The molecule has 8 nitrogen and oxygen atoms in total. The Kier molecular flexibility index (Phi) is 6.23. The summed E-state index contributed by atoms with van der Waals surface area (Å²) in [5.74, 6) is -0.721. The molecule has 2 aromatic carbocycles. The SMILES string of the molecule is COc1ccc(CNC(=O)c2ccc(N3C(=O)C(C)CS3(=O)=O)cc2Cl)cc1OC. The van der Waals surface area contributed by atoms with Crippen LogP contribution in [-0.4, -0.2) is 40.2 Å². The molecular weight excluding hydrogens is 432 g/mol. The molecule has 1 N–H and O–H groups in total. The van der Waals surface area contributed by atoms with E-state index < -0.39 is 27.8 Å². The van der Waals surface area contributed by atoms with Crippen LogP contribution < -0.4 is 19.1 Å². The zero-order chi connectivity index (χ0) is 22.1. The van der Waals surface area contributed by atoms with E-state index in [0.29, 0.717) is 11.5 Å². The maximum absolute atomic E-state index is 12.5. The van der Waals surface area contributed by atoms with Gasteiger partial charge in [0, 0.05) is 6.54 Å². The van der Waals surface area contributed by atoms with E-state index in [1.54, 1.807) is 25.1 Å². The summed E-state index contributed by atoms with van der Waals surface area (Å²) in [6, 6.07) is 9.36. The maximum atomic E-state index is 12.5. The maximum Gasteiger partial charge on any atom is 0.253 e. The van der Waals surface area contributed by atoms with E-state index in [2.05, 4.69) is 5.32 Å². The lowest BCUT2D eigenvalue weighted by Gasteiger charge is -2.16. The molecule has 0 radical (unpaired) electrons. The first-order valence-corrected chi connectivity index (χ1v) is 11.0. The fourth-order valence-electron chi connectivity index (χ4n) is 3.17. The van der Waals surface area contributed by atoms with Gasteiger partial charge in [-0.2, -0.15) is 0 Å². The van der Waals surface area contributed by atoms with Crippen LogP contribution in [0.3, 0.4) is 0 Å². The molecule has 1 saturated heterocycles. The highest BCUT2D eigenvalue weighted by Crippen LogP contribution is 2.31. The Morgan fingerprint density at radius 3 is 2.43 bits per heavy atom. The summed E-state index contributed by atoms with van der Waals surface area (Å²) < 4.78 is 35.6.